The number of sulfonamides is 1. The molecule has 3 aromatic rings. The van der Waals surface area contributed by atoms with Gasteiger partial charge in [0, 0.05) is 18.0 Å². The number of rotatable bonds is 5. The van der Waals surface area contributed by atoms with Gasteiger partial charge in [0.1, 0.15) is 25.2 Å². The lowest BCUT2D eigenvalue weighted by Gasteiger charge is -2.24. The largest absolute Gasteiger partial charge is 0.489 e. The van der Waals surface area contributed by atoms with E-state index in [0.717, 1.165) is 20.8 Å². The molecule has 0 bridgehead atoms. The molecular formula is C21H18NO4S. The van der Waals surface area contributed by atoms with Crippen LogP contribution in [0.3, 0.4) is 0 Å². The van der Waals surface area contributed by atoms with E-state index >= 15 is 0 Å². The molecule has 0 spiro atoms. The Bertz CT molecular complexity index is 1120. The third-order valence-corrected chi connectivity index (χ3v) is 6.09. The SMILES string of the molecule is CN1[C]=C(OCCOc2cccc3ccccc23)c2ccccc2S1(=O)=O. The standard InChI is InChI=1S/C21H18NO4S/c1-22-15-20(18-10-4-5-12-21(18)27(22,23)24)26-14-13-25-19-11-6-8-16-7-2-3-9-17(16)19/h2-12H,13-14H2,1H3. The van der Waals surface area contributed by atoms with Crippen LogP contribution in [0.4, 0.5) is 0 Å². The van der Waals surface area contributed by atoms with Crippen molar-refractivity contribution in [2.75, 3.05) is 20.3 Å². The number of hydrogen-bond acceptors (Lipinski definition) is 4. The average Bonchev–Trinajstić information content (AvgIpc) is 2.69. The number of fused-ring (bicyclic) bond motifs is 2. The van der Waals surface area contributed by atoms with Gasteiger partial charge < -0.3 is 9.47 Å². The topological polar surface area (TPSA) is 55.8 Å². The minimum absolute atomic E-state index is 0.219. The van der Waals surface area contributed by atoms with Gasteiger partial charge >= 0.3 is 0 Å². The van der Waals surface area contributed by atoms with Gasteiger partial charge in [-0.1, -0.05) is 48.5 Å². The van der Waals surface area contributed by atoms with Gasteiger partial charge in [0.2, 0.25) is 0 Å². The molecule has 0 fully saturated rings. The summed E-state index contributed by atoms with van der Waals surface area (Å²) in [6.07, 6.45) is 2.78. The third kappa shape index (κ3) is 3.24. The van der Waals surface area contributed by atoms with Gasteiger partial charge in [0.15, 0.2) is 5.76 Å². The van der Waals surface area contributed by atoms with Crippen molar-refractivity contribution in [2.45, 2.75) is 4.90 Å². The van der Waals surface area contributed by atoms with E-state index < -0.39 is 10.0 Å². The molecule has 0 atom stereocenters. The Labute approximate surface area is 158 Å². The molecule has 0 amide bonds. The molecule has 3 aromatic carbocycles. The van der Waals surface area contributed by atoms with Crippen molar-refractivity contribution in [1.82, 2.24) is 4.31 Å². The second kappa shape index (κ2) is 6.96. The zero-order valence-corrected chi connectivity index (χ0v) is 15.6. The molecule has 1 radical (unpaired) electrons. The fraction of sp³-hybridized carbons (Fsp3) is 0.143. The first-order chi connectivity index (χ1) is 13.1. The highest BCUT2D eigenvalue weighted by Crippen LogP contribution is 2.31. The van der Waals surface area contributed by atoms with Crippen LogP contribution in [-0.2, 0) is 14.8 Å². The van der Waals surface area contributed by atoms with Crippen molar-refractivity contribution < 1.29 is 17.9 Å². The zero-order chi connectivity index (χ0) is 18.9. The average molecular weight is 380 g/mol. The van der Waals surface area contributed by atoms with Gasteiger partial charge in [-0.15, -0.1) is 0 Å². The smallest absolute Gasteiger partial charge is 0.265 e. The van der Waals surface area contributed by atoms with Crippen LogP contribution in [0.2, 0.25) is 0 Å². The summed E-state index contributed by atoms with van der Waals surface area (Å²) in [6.45, 7) is 0.603. The second-order valence-corrected chi connectivity index (χ2v) is 8.02. The van der Waals surface area contributed by atoms with Crippen LogP contribution in [0.25, 0.3) is 16.5 Å². The molecule has 137 valence electrons. The number of benzene rings is 3. The lowest BCUT2D eigenvalue weighted by atomic mass is 10.1. The van der Waals surface area contributed by atoms with Crippen LogP contribution in [0.15, 0.2) is 71.6 Å². The number of nitrogens with zero attached hydrogens (tertiary/aromatic N) is 1. The first-order valence-electron chi connectivity index (χ1n) is 8.53. The first kappa shape index (κ1) is 17.4. The molecule has 0 N–H and O–H groups in total. The predicted octanol–water partition coefficient (Wildman–Crippen LogP) is 3.67. The highest BCUT2D eigenvalue weighted by Gasteiger charge is 2.29. The monoisotopic (exact) mass is 380 g/mol. The minimum Gasteiger partial charge on any atom is -0.489 e. The summed E-state index contributed by atoms with van der Waals surface area (Å²) in [5, 5.41) is 2.15. The molecular weight excluding hydrogens is 362 g/mol. The van der Waals surface area contributed by atoms with Gasteiger partial charge in [-0.25, -0.2) is 8.42 Å². The van der Waals surface area contributed by atoms with Crippen molar-refractivity contribution in [1.29, 1.82) is 0 Å². The molecule has 0 unspecified atom stereocenters. The van der Waals surface area contributed by atoms with Crippen molar-refractivity contribution >= 4 is 26.6 Å². The minimum atomic E-state index is -3.56. The lowest BCUT2D eigenvalue weighted by molar-refractivity contribution is 0.193. The Morgan fingerprint density at radius 1 is 0.889 bits per heavy atom. The van der Waals surface area contributed by atoms with E-state index in [0.29, 0.717) is 17.9 Å². The molecule has 27 heavy (non-hydrogen) atoms. The van der Waals surface area contributed by atoms with Gasteiger partial charge in [-0.2, -0.15) is 0 Å². The zero-order valence-electron chi connectivity index (χ0n) is 14.8. The fourth-order valence-corrected chi connectivity index (χ4v) is 4.20. The summed E-state index contributed by atoms with van der Waals surface area (Å²) in [7, 11) is -2.12. The maximum Gasteiger partial charge on any atom is 0.265 e. The molecule has 0 aliphatic carbocycles. The fourth-order valence-electron chi connectivity index (χ4n) is 3.02. The van der Waals surface area contributed by atoms with E-state index in [1.165, 1.54) is 7.05 Å². The van der Waals surface area contributed by atoms with Gasteiger partial charge in [-0.3, -0.25) is 4.31 Å². The van der Waals surface area contributed by atoms with E-state index in [9.17, 15) is 8.42 Å². The van der Waals surface area contributed by atoms with Gasteiger partial charge in [0.25, 0.3) is 10.0 Å². The van der Waals surface area contributed by atoms with Crippen LogP contribution in [0, 0.1) is 6.20 Å². The molecule has 5 nitrogen and oxygen atoms in total. The van der Waals surface area contributed by atoms with Gasteiger partial charge in [-0.05, 0) is 23.6 Å². The molecule has 0 aromatic heterocycles. The van der Waals surface area contributed by atoms with Crippen LogP contribution in [0.5, 0.6) is 5.75 Å². The van der Waals surface area contributed by atoms with Crippen LogP contribution in [0.1, 0.15) is 5.56 Å². The molecule has 6 heteroatoms. The van der Waals surface area contributed by atoms with E-state index in [4.69, 9.17) is 9.47 Å². The Kier molecular flexibility index (Phi) is 4.49. The third-order valence-electron chi connectivity index (χ3n) is 4.37. The van der Waals surface area contributed by atoms with Gasteiger partial charge in [0.05, 0.1) is 4.90 Å². The van der Waals surface area contributed by atoms with E-state index in [1.54, 1.807) is 24.3 Å². The molecule has 0 saturated heterocycles. The Morgan fingerprint density at radius 2 is 1.59 bits per heavy atom. The highest BCUT2D eigenvalue weighted by molar-refractivity contribution is 7.89. The van der Waals surface area contributed by atoms with Crippen molar-refractivity contribution in [2.24, 2.45) is 0 Å². The second-order valence-electron chi connectivity index (χ2n) is 6.08. The molecule has 1 aliphatic heterocycles. The summed E-state index contributed by atoms with van der Waals surface area (Å²) in [4.78, 5) is 0.219. The number of hydrogen-bond donors (Lipinski definition) is 0. The lowest BCUT2D eigenvalue weighted by Crippen LogP contribution is -2.27. The molecule has 1 heterocycles. The maximum absolute atomic E-state index is 12.4. The molecule has 4 rings (SSSR count). The molecule has 1 aliphatic rings. The number of ether oxygens (including phenoxy) is 2. The summed E-state index contributed by atoms with van der Waals surface area (Å²) in [6, 6.07) is 20.7. The first-order valence-corrected chi connectivity index (χ1v) is 9.97. The van der Waals surface area contributed by atoms with E-state index in [-0.39, 0.29) is 11.5 Å². The Hall–Kier alpha value is -2.99. The Morgan fingerprint density at radius 3 is 2.48 bits per heavy atom. The normalized spacial score (nSPS) is 15.1. The Balaban J connectivity index is 1.47. The van der Waals surface area contributed by atoms with Crippen LogP contribution in [-0.4, -0.2) is 33.0 Å². The van der Waals surface area contributed by atoms with Crippen molar-refractivity contribution in [3.63, 3.8) is 0 Å². The van der Waals surface area contributed by atoms with E-state index in [2.05, 4.69) is 6.20 Å². The summed E-state index contributed by atoms with van der Waals surface area (Å²) < 4.78 is 37.4. The summed E-state index contributed by atoms with van der Waals surface area (Å²) in [5.41, 5.74) is 0.515. The van der Waals surface area contributed by atoms with Crippen molar-refractivity contribution in [3.05, 3.63) is 78.5 Å². The maximum atomic E-state index is 12.4. The van der Waals surface area contributed by atoms with Crippen LogP contribution < -0.4 is 4.74 Å². The van der Waals surface area contributed by atoms with Crippen LogP contribution >= 0.6 is 0 Å². The highest BCUT2D eigenvalue weighted by atomic mass is 32.2. The molecule has 0 saturated carbocycles. The van der Waals surface area contributed by atoms with E-state index in [1.807, 2.05) is 42.5 Å². The summed E-state index contributed by atoms with van der Waals surface area (Å²) in [5.74, 6) is 1.18. The van der Waals surface area contributed by atoms with Crippen molar-refractivity contribution in [3.8, 4) is 5.75 Å². The predicted molar refractivity (Wildman–Crippen MR) is 103 cm³/mol. The summed E-state index contributed by atoms with van der Waals surface area (Å²) >= 11 is 0. The quantitative estimate of drug-likeness (QED) is 0.634.